The Balaban J connectivity index is 2.13. The zero-order chi connectivity index (χ0) is 12.4. The lowest BCUT2D eigenvalue weighted by atomic mass is 10.2. The molecule has 1 aliphatic rings. The van der Waals surface area contributed by atoms with E-state index in [9.17, 15) is 4.79 Å². The van der Waals surface area contributed by atoms with Gasteiger partial charge in [0.05, 0.1) is 0 Å². The number of aromatic nitrogens is 1. The minimum absolute atomic E-state index is 0.107. The van der Waals surface area contributed by atoms with Gasteiger partial charge < -0.3 is 14.9 Å². The van der Waals surface area contributed by atoms with E-state index in [0.717, 1.165) is 25.3 Å². The molecule has 5 nitrogen and oxygen atoms in total. The first-order valence-electron chi connectivity index (χ1n) is 5.69. The van der Waals surface area contributed by atoms with Gasteiger partial charge in [-0.05, 0) is 32.6 Å². The summed E-state index contributed by atoms with van der Waals surface area (Å²) in [6.45, 7) is 1.84. The van der Waals surface area contributed by atoms with Gasteiger partial charge in [-0.1, -0.05) is 6.07 Å². The summed E-state index contributed by atoms with van der Waals surface area (Å²) in [6, 6.07) is 5.65. The molecule has 1 N–H and O–H groups in total. The van der Waals surface area contributed by atoms with Gasteiger partial charge in [-0.15, -0.1) is 0 Å². The Morgan fingerprint density at radius 1 is 1.53 bits per heavy atom. The Morgan fingerprint density at radius 2 is 2.29 bits per heavy atom. The molecule has 1 aliphatic heterocycles. The van der Waals surface area contributed by atoms with Crippen LogP contribution in [0.2, 0.25) is 0 Å². The smallest absolute Gasteiger partial charge is 0.354 e. The first kappa shape index (κ1) is 11.9. The largest absolute Gasteiger partial charge is 0.477 e. The maximum absolute atomic E-state index is 10.9. The molecule has 1 atom stereocenters. The van der Waals surface area contributed by atoms with Gasteiger partial charge >= 0.3 is 5.97 Å². The van der Waals surface area contributed by atoms with E-state index < -0.39 is 5.97 Å². The fourth-order valence-corrected chi connectivity index (χ4v) is 2.09. The van der Waals surface area contributed by atoms with E-state index in [1.807, 2.05) is 6.07 Å². The minimum atomic E-state index is -0.977. The van der Waals surface area contributed by atoms with Crippen molar-refractivity contribution in [3.63, 3.8) is 0 Å². The summed E-state index contributed by atoms with van der Waals surface area (Å²) in [6.07, 6.45) is 1.09. The van der Waals surface area contributed by atoms with E-state index in [1.54, 1.807) is 6.07 Å². The highest BCUT2D eigenvalue weighted by atomic mass is 16.4. The standard InChI is InChI=1S/C12H17N3O2/c1-14(2)9-6-7-15(8-9)11-5-3-4-10(13-11)12(16)17/h3-5,9H,6-8H2,1-2H3,(H,16,17). The van der Waals surface area contributed by atoms with Crippen LogP contribution in [-0.2, 0) is 0 Å². The van der Waals surface area contributed by atoms with Gasteiger partial charge in [0.25, 0.3) is 0 Å². The number of likely N-dealkylation sites (N-methyl/N-ethyl adjacent to an activating group) is 1. The van der Waals surface area contributed by atoms with Crippen LogP contribution in [0.5, 0.6) is 0 Å². The van der Waals surface area contributed by atoms with Gasteiger partial charge in [-0.2, -0.15) is 0 Å². The summed E-state index contributed by atoms with van der Waals surface area (Å²) in [5.41, 5.74) is 0.107. The second-order valence-corrected chi connectivity index (χ2v) is 4.54. The number of hydrogen-bond donors (Lipinski definition) is 1. The topological polar surface area (TPSA) is 56.7 Å². The molecule has 1 saturated heterocycles. The number of rotatable bonds is 3. The van der Waals surface area contributed by atoms with E-state index in [1.165, 1.54) is 6.07 Å². The number of aromatic carboxylic acids is 1. The first-order valence-corrected chi connectivity index (χ1v) is 5.69. The van der Waals surface area contributed by atoms with Crippen molar-refractivity contribution in [1.29, 1.82) is 0 Å². The average molecular weight is 235 g/mol. The van der Waals surface area contributed by atoms with Crippen molar-refractivity contribution in [3.8, 4) is 0 Å². The first-order chi connectivity index (χ1) is 8.08. The molecule has 1 aromatic rings. The molecule has 2 rings (SSSR count). The number of carboxylic acids is 1. The molecule has 17 heavy (non-hydrogen) atoms. The minimum Gasteiger partial charge on any atom is -0.477 e. The van der Waals surface area contributed by atoms with Crippen molar-refractivity contribution in [3.05, 3.63) is 23.9 Å². The highest BCUT2D eigenvalue weighted by Crippen LogP contribution is 2.20. The van der Waals surface area contributed by atoms with Crippen LogP contribution in [0, 0.1) is 0 Å². The molecule has 92 valence electrons. The molecule has 0 amide bonds. The van der Waals surface area contributed by atoms with Gasteiger partial charge in [0.2, 0.25) is 0 Å². The van der Waals surface area contributed by atoms with Crippen LogP contribution in [0.4, 0.5) is 5.82 Å². The Labute approximate surface area is 101 Å². The van der Waals surface area contributed by atoms with Crippen LogP contribution in [0.25, 0.3) is 0 Å². The Hall–Kier alpha value is -1.62. The van der Waals surface area contributed by atoms with Crippen molar-refractivity contribution >= 4 is 11.8 Å². The Morgan fingerprint density at radius 3 is 2.88 bits per heavy atom. The highest BCUT2D eigenvalue weighted by Gasteiger charge is 2.25. The van der Waals surface area contributed by atoms with Crippen LogP contribution >= 0.6 is 0 Å². The number of carbonyl (C=O) groups is 1. The van der Waals surface area contributed by atoms with E-state index in [4.69, 9.17) is 5.11 Å². The lowest BCUT2D eigenvalue weighted by Crippen LogP contribution is -2.31. The molecule has 0 spiro atoms. The fraction of sp³-hybridized carbons (Fsp3) is 0.500. The van der Waals surface area contributed by atoms with Crippen molar-refractivity contribution < 1.29 is 9.90 Å². The number of carboxylic acid groups (broad SMARTS) is 1. The molecule has 0 saturated carbocycles. The molecule has 0 aromatic carbocycles. The van der Waals surface area contributed by atoms with Crippen molar-refractivity contribution in [2.45, 2.75) is 12.5 Å². The molecule has 0 aliphatic carbocycles. The van der Waals surface area contributed by atoms with E-state index in [2.05, 4.69) is 28.9 Å². The fourth-order valence-electron chi connectivity index (χ4n) is 2.09. The molecule has 2 heterocycles. The summed E-state index contributed by atoms with van der Waals surface area (Å²) in [5, 5.41) is 8.90. The average Bonchev–Trinajstić information content (AvgIpc) is 2.78. The number of pyridine rings is 1. The van der Waals surface area contributed by atoms with E-state index >= 15 is 0 Å². The summed E-state index contributed by atoms with van der Waals surface area (Å²) in [7, 11) is 4.13. The third-order valence-corrected chi connectivity index (χ3v) is 3.17. The van der Waals surface area contributed by atoms with Crippen LogP contribution < -0.4 is 4.90 Å². The second-order valence-electron chi connectivity index (χ2n) is 4.54. The molecular formula is C12H17N3O2. The normalized spacial score (nSPS) is 19.9. The summed E-state index contributed by atoms with van der Waals surface area (Å²) in [4.78, 5) is 19.3. The van der Waals surface area contributed by atoms with Crippen LogP contribution in [0.15, 0.2) is 18.2 Å². The van der Waals surface area contributed by atoms with Gasteiger partial charge in [0, 0.05) is 19.1 Å². The third kappa shape index (κ3) is 2.55. The quantitative estimate of drug-likeness (QED) is 0.844. The van der Waals surface area contributed by atoms with E-state index in [-0.39, 0.29) is 5.69 Å². The molecule has 5 heteroatoms. The van der Waals surface area contributed by atoms with Crippen molar-refractivity contribution in [2.24, 2.45) is 0 Å². The highest BCUT2D eigenvalue weighted by molar-refractivity contribution is 5.85. The Bertz CT molecular complexity index is 420. The second kappa shape index (κ2) is 4.71. The van der Waals surface area contributed by atoms with Crippen molar-refractivity contribution in [1.82, 2.24) is 9.88 Å². The number of hydrogen-bond acceptors (Lipinski definition) is 4. The molecule has 1 fully saturated rings. The molecule has 1 unspecified atom stereocenters. The number of nitrogens with zero attached hydrogens (tertiary/aromatic N) is 3. The lowest BCUT2D eigenvalue weighted by molar-refractivity contribution is 0.0690. The third-order valence-electron chi connectivity index (χ3n) is 3.17. The zero-order valence-corrected chi connectivity index (χ0v) is 10.1. The predicted octanol–water partition coefficient (Wildman–Crippen LogP) is 0.920. The van der Waals surface area contributed by atoms with Crippen molar-refractivity contribution in [2.75, 3.05) is 32.1 Å². The Kier molecular flexibility index (Phi) is 3.28. The maximum Gasteiger partial charge on any atom is 0.354 e. The molecular weight excluding hydrogens is 218 g/mol. The molecule has 0 bridgehead atoms. The lowest BCUT2D eigenvalue weighted by Gasteiger charge is -2.21. The zero-order valence-electron chi connectivity index (χ0n) is 10.1. The SMILES string of the molecule is CN(C)C1CCN(c2cccc(C(=O)O)n2)C1. The molecule has 1 aromatic heterocycles. The van der Waals surface area contributed by atoms with Crippen LogP contribution in [0.1, 0.15) is 16.9 Å². The van der Waals surface area contributed by atoms with Gasteiger partial charge in [0.15, 0.2) is 5.69 Å². The summed E-state index contributed by atoms with van der Waals surface area (Å²) < 4.78 is 0. The predicted molar refractivity (Wildman–Crippen MR) is 65.5 cm³/mol. The number of anilines is 1. The summed E-state index contributed by atoms with van der Waals surface area (Å²) in [5.74, 6) is -0.218. The summed E-state index contributed by atoms with van der Waals surface area (Å²) >= 11 is 0. The molecule has 0 radical (unpaired) electrons. The van der Waals surface area contributed by atoms with Gasteiger partial charge in [-0.3, -0.25) is 0 Å². The van der Waals surface area contributed by atoms with Gasteiger partial charge in [-0.25, -0.2) is 9.78 Å². The van der Waals surface area contributed by atoms with Crippen LogP contribution in [0.3, 0.4) is 0 Å². The maximum atomic E-state index is 10.9. The van der Waals surface area contributed by atoms with Gasteiger partial charge in [0.1, 0.15) is 5.82 Å². The van der Waals surface area contributed by atoms with E-state index in [0.29, 0.717) is 6.04 Å². The monoisotopic (exact) mass is 235 g/mol. The van der Waals surface area contributed by atoms with Crippen LogP contribution in [-0.4, -0.2) is 54.2 Å².